The molecule has 4 rings (SSSR count). The molecule has 0 radical (unpaired) electrons. The Hall–Kier alpha value is -2.66. The molecule has 0 saturated heterocycles. The Bertz CT molecular complexity index is 963. The van der Waals surface area contributed by atoms with Crippen LogP contribution < -0.4 is 0 Å². The van der Waals surface area contributed by atoms with E-state index in [0.717, 1.165) is 27.4 Å². The number of aromatic nitrogens is 1. The molecular weight excluding hydrogens is 308 g/mol. The highest BCUT2D eigenvalue weighted by Gasteiger charge is 2.20. The predicted octanol–water partition coefficient (Wildman–Crippen LogP) is 5.06. The standard InChI is InChI=1S/C18H14N2O2S/c1-10-7-8-16(23-10)17-20-15(18(21)22-17)9-13-11(2)19-14-6-4-3-5-12(13)14/h3-9,21H,1-2H3. The zero-order valence-electron chi connectivity index (χ0n) is 12.7. The van der Waals surface area contributed by atoms with Gasteiger partial charge in [-0.3, -0.25) is 4.99 Å². The first kappa shape index (κ1) is 14.0. The number of para-hydroxylation sites is 1. The van der Waals surface area contributed by atoms with Crippen molar-refractivity contribution in [2.75, 3.05) is 0 Å². The lowest BCUT2D eigenvalue weighted by atomic mass is 10.0. The van der Waals surface area contributed by atoms with Gasteiger partial charge in [-0.25, -0.2) is 4.98 Å². The Labute approximate surface area is 137 Å². The maximum atomic E-state index is 10.1. The van der Waals surface area contributed by atoms with Gasteiger partial charge in [0.15, 0.2) is 0 Å². The lowest BCUT2D eigenvalue weighted by Gasteiger charge is -1.99. The SMILES string of the molecule is CC1=Nc2ccccc2C1=Cc1nc(-c2ccc(C)s2)oc1O. The molecule has 2 aromatic heterocycles. The Morgan fingerprint density at radius 1 is 1.13 bits per heavy atom. The number of benzene rings is 1. The molecule has 3 heterocycles. The van der Waals surface area contributed by atoms with E-state index in [1.165, 1.54) is 4.88 Å². The summed E-state index contributed by atoms with van der Waals surface area (Å²) in [6.07, 6.45) is 1.83. The van der Waals surface area contributed by atoms with Gasteiger partial charge in [-0.05, 0) is 38.1 Å². The maximum absolute atomic E-state index is 10.1. The number of thiophene rings is 1. The van der Waals surface area contributed by atoms with Crippen molar-refractivity contribution in [1.29, 1.82) is 0 Å². The molecule has 23 heavy (non-hydrogen) atoms. The van der Waals surface area contributed by atoms with E-state index in [4.69, 9.17) is 4.42 Å². The van der Waals surface area contributed by atoms with Crippen LogP contribution in [0.15, 0.2) is 45.8 Å². The summed E-state index contributed by atoms with van der Waals surface area (Å²) in [6.45, 7) is 3.97. The fraction of sp³-hybridized carbons (Fsp3) is 0.111. The summed E-state index contributed by atoms with van der Waals surface area (Å²) in [5, 5.41) is 10.1. The van der Waals surface area contributed by atoms with Gasteiger partial charge in [-0.15, -0.1) is 11.3 Å². The normalized spacial score (nSPS) is 15.0. The van der Waals surface area contributed by atoms with E-state index in [1.807, 2.05) is 56.3 Å². The van der Waals surface area contributed by atoms with Gasteiger partial charge in [0.2, 0.25) is 5.89 Å². The molecular formula is C18H14N2O2S. The van der Waals surface area contributed by atoms with E-state index in [-0.39, 0.29) is 5.95 Å². The van der Waals surface area contributed by atoms with Gasteiger partial charge in [0, 0.05) is 21.7 Å². The van der Waals surface area contributed by atoms with Crippen LogP contribution in [0.1, 0.15) is 23.1 Å². The first-order valence-electron chi connectivity index (χ1n) is 7.25. The van der Waals surface area contributed by atoms with Crippen molar-refractivity contribution < 1.29 is 9.52 Å². The van der Waals surface area contributed by atoms with Crippen LogP contribution in [-0.2, 0) is 0 Å². The average Bonchev–Trinajstić information content (AvgIpc) is 3.19. The monoisotopic (exact) mass is 322 g/mol. The van der Waals surface area contributed by atoms with Gasteiger partial charge in [-0.2, -0.15) is 0 Å². The van der Waals surface area contributed by atoms with Crippen molar-refractivity contribution in [2.24, 2.45) is 4.99 Å². The number of allylic oxidation sites excluding steroid dienone is 1. The second kappa shape index (κ2) is 5.21. The number of hydrogen-bond acceptors (Lipinski definition) is 5. The van der Waals surface area contributed by atoms with Crippen molar-refractivity contribution in [2.45, 2.75) is 13.8 Å². The Balaban J connectivity index is 1.78. The largest absolute Gasteiger partial charge is 0.479 e. The second-order valence-electron chi connectivity index (χ2n) is 5.39. The van der Waals surface area contributed by atoms with E-state index in [9.17, 15) is 5.11 Å². The van der Waals surface area contributed by atoms with Gasteiger partial charge >= 0.3 is 5.95 Å². The van der Waals surface area contributed by atoms with Gasteiger partial charge < -0.3 is 9.52 Å². The zero-order chi connectivity index (χ0) is 16.0. The summed E-state index contributed by atoms with van der Waals surface area (Å²) in [4.78, 5) is 11.0. The molecule has 0 atom stereocenters. The van der Waals surface area contributed by atoms with Crippen molar-refractivity contribution >= 4 is 34.4 Å². The first-order valence-corrected chi connectivity index (χ1v) is 8.07. The van der Waals surface area contributed by atoms with E-state index >= 15 is 0 Å². The number of rotatable bonds is 2. The third-order valence-corrected chi connectivity index (χ3v) is 4.73. The van der Waals surface area contributed by atoms with Crippen LogP contribution in [0, 0.1) is 6.92 Å². The molecule has 1 aliphatic heterocycles. The van der Waals surface area contributed by atoms with Crippen molar-refractivity contribution in [3.8, 4) is 16.7 Å². The lowest BCUT2D eigenvalue weighted by molar-refractivity contribution is 0.337. The molecule has 114 valence electrons. The van der Waals surface area contributed by atoms with Crippen molar-refractivity contribution in [1.82, 2.24) is 4.98 Å². The number of aromatic hydroxyl groups is 1. The minimum Gasteiger partial charge on any atom is -0.479 e. The van der Waals surface area contributed by atoms with Crippen LogP contribution >= 0.6 is 11.3 Å². The summed E-state index contributed by atoms with van der Waals surface area (Å²) in [5.41, 5.74) is 4.27. The molecule has 1 N–H and O–H groups in total. The highest BCUT2D eigenvalue weighted by molar-refractivity contribution is 7.15. The van der Waals surface area contributed by atoms with E-state index in [1.54, 1.807) is 11.3 Å². The van der Waals surface area contributed by atoms with Crippen LogP contribution in [0.5, 0.6) is 5.95 Å². The molecule has 1 aromatic carbocycles. The van der Waals surface area contributed by atoms with E-state index < -0.39 is 0 Å². The van der Waals surface area contributed by atoms with Crippen molar-refractivity contribution in [3.63, 3.8) is 0 Å². The fourth-order valence-corrected chi connectivity index (χ4v) is 3.42. The third-order valence-electron chi connectivity index (χ3n) is 3.74. The second-order valence-corrected chi connectivity index (χ2v) is 6.68. The Morgan fingerprint density at radius 3 is 2.74 bits per heavy atom. The van der Waals surface area contributed by atoms with Crippen molar-refractivity contribution in [3.05, 3.63) is 52.5 Å². The average molecular weight is 322 g/mol. The lowest BCUT2D eigenvalue weighted by Crippen LogP contribution is -1.90. The van der Waals surface area contributed by atoms with Gasteiger partial charge in [0.05, 0.1) is 10.6 Å². The van der Waals surface area contributed by atoms with Gasteiger partial charge in [0.1, 0.15) is 5.69 Å². The smallest absolute Gasteiger partial charge is 0.310 e. The molecule has 0 amide bonds. The number of aliphatic imine (C=N–C) groups is 1. The molecule has 4 nitrogen and oxygen atoms in total. The maximum Gasteiger partial charge on any atom is 0.310 e. The minimum absolute atomic E-state index is 0.171. The third kappa shape index (κ3) is 2.39. The molecule has 0 aliphatic carbocycles. The Morgan fingerprint density at radius 2 is 1.96 bits per heavy atom. The molecule has 0 bridgehead atoms. The highest BCUT2D eigenvalue weighted by atomic mass is 32.1. The number of oxazole rings is 1. The predicted molar refractivity (Wildman–Crippen MR) is 93.3 cm³/mol. The van der Waals surface area contributed by atoms with Crippen LogP contribution in [0.3, 0.4) is 0 Å². The number of nitrogens with zero attached hydrogens (tertiary/aromatic N) is 2. The van der Waals surface area contributed by atoms with Gasteiger partial charge in [0.25, 0.3) is 0 Å². The van der Waals surface area contributed by atoms with E-state index in [0.29, 0.717) is 11.6 Å². The molecule has 1 aliphatic rings. The molecule has 0 fully saturated rings. The fourth-order valence-electron chi connectivity index (χ4n) is 2.63. The zero-order valence-corrected chi connectivity index (χ0v) is 13.5. The topological polar surface area (TPSA) is 58.6 Å². The molecule has 0 unspecified atom stereocenters. The summed E-state index contributed by atoms with van der Waals surface area (Å²) in [7, 11) is 0. The quantitative estimate of drug-likeness (QED) is 0.717. The Kier molecular flexibility index (Phi) is 3.16. The molecule has 0 saturated carbocycles. The van der Waals surface area contributed by atoms with E-state index in [2.05, 4.69) is 9.98 Å². The minimum atomic E-state index is -0.171. The molecule has 5 heteroatoms. The summed E-state index contributed by atoms with van der Waals surface area (Å²) in [6, 6.07) is 11.9. The summed E-state index contributed by atoms with van der Waals surface area (Å²) in [5.74, 6) is 0.268. The van der Waals surface area contributed by atoms with Gasteiger partial charge in [-0.1, -0.05) is 18.2 Å². The number of aryl methyl sites for hydroxylation is 1. The number of hydrogen-bond donors (Lipinski definition) is 1. The summed E-state index contributed by atoms with van der Waals surface area (Å²) < 4.78 is 5.42. The molecule has 0 spiro atoms. The van der Waals surface area contributed by atoms with Crippen LogP contribution in [0.25, 0.3) is 22.4 Å². The van der Waals surface area contributed by atoms with Crippen LogP contribution in [0.2, 0.25) is 0 Å². The first-order chi connectivity index (χ1) is 11.1. The number of fused-ring (bicyclic) bond motifs is 1. The highest BCUT2D eigenvalue weighted by Crippen LogP contribution is 2.38. The van der Waals surface area contributed by atoms with Crippen LogP contribution in [0.4, 0.5) is 5.69 Å². The molecule has 3 aromatic rings. The van der Waals surface area contributed by atoms with Crippen LogP contribution in [-0.4, -0.2) is 15.8 Å². The summed E-state index contributed by atoms with van der Waals surface area (Å²) >= 11 is 1.58.